The topological polar surface area (TPSA) is 56.1 Å². The van der Waals surface area contributed by atoms with Crippen LogP contribution in [-0.2, 0) is 22.5 Å². The molecule has 3 rings (SSSR count). The molecule has 1 aromatic heterocycles. The standard InChI is InChI=1S/C14H21N3O2/c1-3-19-12-6-11(12)14(18)16-10-4-5-13-15-9(2)7-17(13)8-10/h7,10-12H,3-6,8H2,1-2H3,(H,16,18). The maximum absolute atomic E-state index is 12.1. The van der Waals surface area contributed by atoms with Crippen molar-refractivity contribution in [2.45, 2.75) is 51.8 Å². The molecule has 1 aliphatic carbocycles. The molecule has 5 heteroatoms. The Bertz CT molecular complexity index is 483. The van der Waals surface area contributed by atoms with Gasteiger partial charge in [0.2, 0.25) is 5.91 Å². The Morgan fingerprint density at radius 2 is 2.47 bits per heavy atom. The van der Waals surface area contributed by atoms with E-state index in [1.165, 1.54) is 0 Å². The third kappa shape index (κ3) is 2.66. The Balaban J connectivity index is 1.53. The average Bonchev–Trinajstić information content (AvgIpc) is 3.03. The number of fused-ring (bicyclic) bond motifs is 1. The molecule has 0 spiro atoms. The van der Waals surface area contributed by atoms with Crippen molar-refractivity contribution >= 4 is 5.91 Å². The second kappa shape index (κ2) is 4.96. The van der Waals surface area contributed by atoms with Gasteiger partial charge >= 0.3 is 0 Å². The van der Waals surface area contributed by atoms with Gasteiger partial charge in [0.05, 0.1) is 17.7 Å². The van der Waals surface area contributed by atoms with E-state index in [1.54, 1.807) is 0 Å². The number of rotatable bonds is 4. The lowest BCUT2D eigenvalue weighted by Gasteiger charge is -2.24. The van der Waals surface area contributed by atoms with Crippen LogP contribution in [0, 0.1) is 12.8 Å². The molecule has 2 heterocycles. The summed E-state index contributed by atoms with van der Waals surface area (Å²) in [7, 11) is 0. The minimum atomic E-state index is 0.0749. The van der Waals surface area contributed by atoms with Gasteiger partial charge in [-0.2, -0.15) is 0 Å². The second-order valence-corrected chi connectivity index (χ2v) is 5.53. The summed E-state index contributed by atoms with van der Waals surface area (Å²) in [5.74, 6) is 1.37. The molecule has 2 aliphatic rings. The van der Waals surface area contributed by atoms with Gasteiger partial charge in [0.1, 0.15) is 5.82 Å². The maximum atomic E-state index is 12.1. The van der Waals surface area contributed by atoms with Crippen LogP contribution in [-0.4, -0.2) is 34.2 Å². The van der Waals surface area contributed by atoms with Crippen molar-refractivity contribution in [2.75, 3.05) is 6.61 Å². The van der Waals surface area contributed by atoms with E-state index in [0.717, 1.165) is 37.3 Å². The average molecular weight is 263 g/mol. The molecule has 0 radical (unpaired) electrons. The van der Waals surface area contributed by atoms with Crippen molar-refractivity contribution < 1.29 is 9.53 Å². The van der Waals surface area contributed by atoms with E-state index in [9.17, 15) is 4.79 Å². The molecular weight excluding hydrogens is 242 g/mol. The van der Waals surface area contributed by atoms with Crippen molar-refractivity contribution in [3.8, 4) is 0 Å². The summed E-state index contributed by atoms with van der Waals surface area (Å²) in [6.07, 6.45) is 5.02. The first-order chi connectivity index (χ1) is 9.17. The number of hydrogen-bond acceptors (Lipinski definition) is 3. The van der Waals surface area contributed by atoms with Gasteiger partial charge in [0.25, 0.3) is 0 Å². The van der Waals surface area contributed by atoms with Gasteiger partial charge in [0.15, 0.2) is 0 Å². The highest BCUT2D eigenvalue weighted by atomic mass is 16.5. The molecule has 19 heavy (non-hydrogen) atoms. The van der Waals surface area contributed by atoms with Crippen LogP contribution in [0.5, 0.6) is 0 Å². The number of nitrogens with one attached hydrogen (secondary N) is 1. The Hall–Kier alpha value is -1.36. The molecule has 1 N–H and O–H groups in total. The number of carbonyl (C=O) groups excluding carboxylic acids is 1. The lowest BCUT2D eigenvalue weighted by atomic mass is 10.1. The number of aromatic nitrogens is 2. The summed E-state index contributed by atoms with van der Waals surface area (Å²) < 4.78 is 7.62. The van der Waals surface area contributed by atoms with E-state index < -0.39 is 0 Å². The van der Waals surface area contributed by atoms with Gasteiger partial charge < -0.3 is 14.6 Å². The fourth-order valence-electron chi connectivity index (χ4n) is 2.86. The first-order valence-corrected chi connectivity index (χ1v) is 7.12. The Kier molecular flexibility index (Phi) is 3.31. The number of aryl methyl sites for hydroxylation is 2. The van der Waals surface area contributed by atoms with E-state index in [-0.39, 0.29) is 24.0 Å². The van der Waals surface area contributed by atoms with Crippen LogP contribution in [0.2, 0.25) is 0 Å². The highest BCUT2D eigenvalue weighted by Crippen LogP contribution is 2.34. The summed E-state index contributed by atoms with van der Waals surface area (Å²) in [4.78, 5) is 16.5. The van der Waals surface area contributed by atoms with Crippen LogP contribution in [0.1, 0.15) is 31.3 Å². The van der Waals surface area contributed by atoms with E-state index in [1.807, 2.05) is 13.8 Å². The predicted octanol–water partition coefficient (Wildman–Crippen LogP) is 1.05. The van der Waals surface area contributed by atoms with Crippen LogP contribution in [0.25, 0.3) is 0 Å². The van der Waals surface area contributed by atoms with Crippen LogP contribution in [0.15, 0.2) is 6.20 Å². The molecule has 0 bridgehead atoms. The predicted molar refractivity (Wildman–Crippen MR) is 70.7 cm³/mol. The van der Waals surface area contributed by atoms with Crippen molar-refractivity contribution in [2.24, 2.45) is 5.92 Å². The molecule has 3 unspecified atom stereocenters. The molecule has 1 fully saturated rings. The highest BCUT2D eigenvalue weighted by Gasteiger charge is 2.44. The number of nitrogens with zero attached hydrogens (tertiary/aromatic N) is 2. The zero-order valence-electron chi connectivity index (χ0n) is 11.6. The number of imidazole rings is 1. The highest BCUT2D eigenvalue weighted by molar-refractivity contribution is 5.82. The van der Waals surface area contributed by atoms with Gasteiger partial charge in [-0.1, -0.05) is 0 Å². The van der Waals surface area contributed by atoms with Crippen LogP contribution in [0.4, 0.5) is 0 Å². The van der Waals surface area contributed by atoms with E-state index >= 15 is 0 Å². The zero-order valence-corrected chi connectivity index (χ0v) is 11.6. The molecule has 5 nitrogen and oxygen atoms in total. The largest absolute Gasteiger partial charge is 0.378 e. The smallest absolute Gasteiger partial charge is 0.226 e. The lowest BCUT2D eigenvalue weighted by molar-refractivity contribution is -0.124. The summed E-state index contributed by atoms with van der Waals surface area (Å²) in [5, 5.41) is 3.15. The van der Waals surface area contributed by atoms with Crippen LogP contribution < -0.4 is 5.32 Å². The summed E-state index contributed by atoms with van der Waals surface area (Å²) in [5.41, 5.74) is 1.06. The molecule has 1 saturated carbocycles. The molecule has 0 saturated heterocycles. The SMILES string of the molecule is CCOC1CC1C(=O)NC1CCc2nc(C)cn2C1. The fraction of sp³-hybridized carbons (Fsp3) is 0.714. The van der Waals surface area contributed by atoms with Crippen molar-refractivity contribution in [3.63, 3.8) is 0 Å². The van der Waals surface area contributed by atoms with E-state index in [4.69, 9.17) is 4.74 Å². The first kappa shape index (κ1) is 12.7. The Morgan fingerprint density at radius 1 is 1.63 bits per heavy atom. The lowest BCUT2D eigenvalue weighted by Crippen LogP contribution is -2.42. The molecule has 3 atom stereocenters. The number of ether oxygens (including phenoxy) is 1. The molecule has 1 amide bonds. The van der Waals surface area contributed by atoms with Gasteiger partial charge in [-0.15, -0.1) is 0 Å². The van der Waals surface area contributed by atoms with E-state index in [0.29, 0.717) is 6.61 Å². The number of carbonyl (C=O) groups is 1. The minimum Gasteiger partial charge on any atom is -0.378 e. The van der Waals surface area contributed by atoms with Crippen molar-refractivity contribution in [1.29, 1.82) is 0 Å². The van der Waals surface area contributed by atoms with E-state index in [2.05, 4.69) is 21.1 Å². The molecular formula is C14H21N3O2. The summed E-state index contributed by atoms with van der Waals surface area (Å²) in [6, 6.07) is 0.233. The van der Waals surface area contributed by atoms with Crippen molar-refractivity contribution in [3.05, 3.63) is 17.7 Å². The van der Waals surface area contributed by atoms with Crippen molar-refractivity contribution in [1.82, 2.24) is 14.9 Å². The quantitative estimate of drug-likeness (QED) is 0.883. The monoisotopic (exact) mass is 263 g/mol. The van der Waals surface area contributed by atoms with Gasteiger partial charge in [-0.3, -0.25) is 4.79 Å². The fourth-order valence-corrected chi connectivity index (χ4v) is 2.86. The molecule has 1 aromatic rings. The summed E-state index contributed by atoms with van der Waals surface area (Å²) >= 11 is 0. The number of amides is 1. The molecule has 104 valence electrons. The second-order valence-electron chi connectivity index (χ2n) is 5.53. The maximum Gasteiger partial charge on any atom is 0.226 e. The third-order valence-electron chi connectivity index (χ3n) is 3.91. The van der Waals surface area contributed by atoms with Crippen LogP contribution >= 0.6 is 0 Å². The van der Waals surface area contributed by atoms with Crippen LogP contribution in [0.3, 0.4) is 0 Å². The molecule has 1 aliphatic heterocycles. The molecule has 0 aromatic carbocycles. The zero-order chi connectivity index (χ0) is 13.4. The Labute approximate surface area is 113 Å². The minimum absolute atomic E-state index is 0.0749. The Morgan fingerprint density at radius 3 is 3.26 bits per heavy atom. The van der Waals surface area contributed by atoms with Gasteiger partial charge in [-0.05, 0) is 26.7 Å². The van der Waals surface area contributed by atoms with Gasteiger partial charge in [0, 0.05) is 31.8 Å². The van der Waals surface area contributed by atoms with Gasteiger partial charge in [-0.25, -0.2) is 4.98 Å². The third-order valence-corrected chi connectivity index (χ3v) is 3.91. The first-order valence-electron chi connectivity index (χ1n) is 7.12. The number of hydrogen-bond donors (Lipinski definition) is 1. The summed E-state index contributed by atoms with van der Waals surface area (Å²) in [6.45, 7) is 5.51. The normalized spacial score (nSPS) is 28.8.